The molecule has 1 rings (SSSR count). The normalized spacial score (nSPS) is 31.9. The maximum absolute atomic E-state index is 11.2. The van der Waals surface area contributed by atoms with Crippen molar-refractivity contribution in [1.29, 1.82) is 0 Å². The molecule has 0 aromatic carbocycles. The molecule has 0 aromatic heterocycles. The van der Waals surface area contributed by atoms with Gasteiger partial charge in [-0.2, -0.15) is 0 Å². The molecule has 0 amide bonds. The van der Waals surface area contributed by atoms with Crippen LogP contribution in [0.25, 0.3) is 0 Å². The van der Waals surface area contributed by atoms with E-state index in [1.807, 2.05) is 6.92 Å². The molecular formula is C12H22O3. The van der Waals surface area contributed by atoms with Crippen LogP contribution in [0.2, 0.25) is 0 Å². The lowest BCUT2D eigenvalue weighted by Gasteiger charge is -2.37. The number of hydrogen-bond donors (Lipinski definition) is 1. The van der Waals surface area contributed by atoms with E-state index < -0.39 is 11.6 Å². The van der Waals surface area contributed by atoms with Gasteiger partial charge in [-0.3, -0.25) is 0 Å². The predicted molar refractivity (Wildman–Crippen MR) is 58.8 cm³/mol. The lowest BCUT2D eigenvalue weighted by molar-refractivity contribution is -0.171. The summed E-state index contributed by atoms with van der Waals surface area (Å²) in [5.74, 6) is 0.530. The zero-order valence-corrected chi connectivity index (χ0v) is 9.95. The van der Waals surface area contributed by atoms with Gasteiger partial charge in [-0.05, 0) is 44.4 Å². The first-order valence-corrected chi connectivity index (χ1v) is 5.89. The first-order chi connectivity index (χ1) is 7.02. The van der Waals surface area contributed by atoms with E-state index in [0.29, 0.717) is 31.3 Å². The highest BCUT2D eigenvalue weighted by Gasteiger charge is 2.43. The van der Waals surface area contributed by atoms with Crippen LogP contribution < -0.4 is 0 Å². The van der Waals surface area contributed by atoms with Crippen molar-refractivity contribution in [3.05, 3.63) is 0 Å². The summed E-state index contributed by atoms with van der Waals surface area (Å²) in [5.41, 5.74) is -0.889. The Hall–Kier alpha value is -0.570. The molecule has 0 radical (unpaired) electrons. The van der Waals surface area contributed by atoms with Crippen LogP contribution in [-0.2, 0) is 9.53 Å². The quantitative estimate of drug-likeness (QED) is 0.782. The van der Waals surface area contributed by atoms with Gasteiger partial charge in [0.1, 0.15) is 0 Å². The SMILES string of the molecule is CCOC1(C(=O)O)CCC(C(C)C)CC1. The third kappa shape index (κ3) is 2.71. The minimum absolute atomic E-state index is 0.485. The fraction of sp³-hybridized carbons (Fsp3) is 0.917. The van der Waals surface area contributed by atoms with E-state index in [1.54, 1.807) is 0 Å². The van der Waals surface area contributed by atoms with Crippen LogP contribution >= 0.6 is 0 Å². The second kappa shape index (κ2) is 4.97. The number of carboxylic acids is 1. The Morgan fingerprint density at radius 2 is 2.00 bits per heavy atom. The lowest BCUT2D eigenvalue weighted by Crippen LogP contribution is -2.45. The van der Waals surface area contributed by atoms with E-state index in [-0.39, 0.29) is 0 Å². The molecule has 0 atom stereocenters. The highest BCUT2D eigenvalue weighted by Crippen LogP contribution is 2.38. The zero-order chi connectivity index (χ0) is 11.5. The van der Waals surface area contributed by atoms with Crippen molar-refractivity contribution in [2.75, 3.05) is 6.61 Å². The monoisotopic (exact) mass is 214 g/mol. The van der Waals surface area contributed by atoms with Crippen LogP contribution in [0, 0.1) is 11.8 Å². The fourth-order valence-corrected chi connectivity index (χ4v) is 2.47. The smallest absolute Gasteiger partial charge is 0.335 e. The van der Waals surface area contributed by atoms with Crippen molar-refractivity contribution in [2.24, 2.45) is 11.8 Å². The van der Waals surface area contributed by atoms with Gasteiger partial charge in [0.05, 0.1) is 0 Å². The van der Waals surface area contributed by atoms with E-state index in [0.717, 1.165) is 12.8 Å². The average Bonchev–Trinajstić information content (AvgIpc) is 2.18. The molecule has 1 aliphatic rings. The zero-order valence-electron chi connectivity index (χ0n) is 9.95. The molecule has 1 saturated carbocycles. The predicted octanol–water partition coefficient (Wildman–Crippen LogP) is 2.69. The third-order valence-electron chi connectivity index (χ3n) is 3.59. The first-order valence-electron chi connectivity index (χ1n) is 5.89. The van der Waals surface area contributed by atoms with Crippen LogP contribution in [0.5, 0.6) is 0 Å². The van der Waals surface area contributed by atoms with Gasteiger partial charge in [-0.25, -0.2) is 4.79 Å². The van der Waals surface area contributed by atoms with Crippen molar-refractivity contribution >= 4 is 5.97 Å². The standard InChI is InChI=1S/C12H22O3/c1-4-15-12(11(13)14)7-5-10(6-8-12)9(2)3/h9-10H,4-8H2,1-3H3,(H,13,14). The van der Waals surface area contributed by atoms with Crippen LogP contribution in [0.3, 0.4) is 0 Å². The van der Waals surface area contributed by atoms with E-state index in [1.165, 1.54) is 0 Å². The van der Waals surface area contributed by atoms with Gasteiger partial charge in [-0.1, -0.05) is 13.8 Å². The molecular weight excluding hydrogens is 192 g/mol. The molecule has 15 heavy (non-hydrogen) atoms. The number of ether oxygens (including phenoxy) is 1. The Morgan fingerprint density at radius 3 is 2.33 bits per heavy atom. The van der Waals surface area contributed by atoms with Crippen LogP contribution in [-0.4, -0.2) is 23.3 Å². The summed E-state index contributed by atoms with van der Waals surface area (Å²) in [5, 5.41) is 9.22. The number of rotatable bonds is 4. The second-order valence-corrected chi connectivity index (χ2v) is 4.81. The van der Waals surface area contributed by atoms with Crippen molar-refractivity contribution in [3.63, 3.8) is 0 Å². The summed E-state index contributed by atoms with van der Waals surface area (Å²) in [6.45, 7) is 6.76. The molecule has 1 N–H and O–H groups in total. The summed E-state index contributed by atoms with van der Waals surface area (Å²) >= 11 is 0. The van der Waals surface area contributed by atoms with Gasteiger partial charge in [-0.15, -0.1) is 0 Å². The number of aliphatic carboxylic acids is 1. The van der Waals surface area contributed by atoms with Gasteiger partial charge < -0.3 is 9.84 Å². The largest absolute Gasteiger partial charge is 0.479 e. The molecule has 0 aromatic rings. The number of hydrogen-bond acceptors (Lipinski definition) is 2. The van der Waals surface area contributed by atoms with Crippen molar-refractivity contribution in [3.8, 4) is 0 Å². The van der Waals surface area contributed by atoms with Gasteiger partial charge in [0, 0.05) is 6.61 Å². The Labute approximate surface area is 91.8 Å². The maximum atomic E-state index is 11.2. The molecule has 1 aliphatic carbocycles. The molecule has 1 fully saturated rings. The van der Waals surface area contributed by atoms with Crippen molar-refractivity contribution < 1.29 is 14.6 Å². The van der Waals surface area contributed by atoms with Crippen molar-refractivity contribution in [1.82, 2.24) is 0 Å². The fourth-order valence-electron chi connectivity index (χ4n) is 2.47. The molecule has 0 spiro atoms. The minimum Gasteiger partial charge on any atom is -0.479 e. The molecule has 0 heterocycles. The van der Waals surface area contributed by atoms with Crippen LogP contribution in [0.1, 0.15) is 46.5 Å². The van der Waals surface area contributed by atoms with Crippen molar-refractivity contribution in [2.45, 2.75) is 52.1 Å². The Bertz CT molecular complexity index is 215. The summed E-state index contributed by atoms with van der Waals surface area (Å²) in [4.78, 5) is 11.2. The van der Waals surface area contributed by atoms with Crippen LogP contribution in [0.15, 0.2) is 0 Å². The summed E-state index contributed by atoms with van der Waals surface area (Å²) in [7, 11) is 0. The summed E-state index contributed by atoms with van der Waals surface area (Å²) in [6.07, 6.45) is 3.28. The van der Waals surface area contributed by atoms with E-state index in [4.69, 9.17) is 4.74 Å². The Morgan fingerprint density at radius 1 is 1.47 bits per heavy atom. The molecule has 88 valence electrons. The minimum atomic E-state index is -0.889. The maximum Gasteiger partial charge on any atom is 0.335 e. The van der Waals surface area contributed by atoms with Crippen LogP contribution in [0.4, 0.5) is 0 Å². The average molecular weight is 214 g/mol. The summed E-state index contributed by atoms with van der Waals surface area (Å²) < 4.78 is 5.46. The van der Waals surface area contributed by atoms with Gasteiger partial charge in [0.25, 0.3) is 0 Å². The molecule has 0 unspecified atom stereocenters. The molecule has 0 aliphatic heterocycles. The van der Waals surface area contributed by atoms with E-state index >= 15 is 0 Å². The van der Waals surface area contributed by atoms with Gasteiger partial charge in [0.15, 0.2) is 5.60 Å². The molecule has 3 nitrogen and oxygen atoms in total. The highest BCUT2D eigenvalue weighted by atomic mass is 16.5. The van der Waals surface area contributed by atoms with Gasteiger partial charge >= 0.3 is 5.97 Å². The van der Waals surface area contributed by atoms with Gasteiger partial charge in [0.2, 0.25) is 0 Å². The Balaban J connectivity index is 2.61. The molecule has 0 bridgehead atoms. The number of carbonyl (C=O) groups is 1. The molecule has 0 saturated heterocycles. The third-order valence-corrected chi connectivity index (χ3v) is 3.59. The number of carboxylic acid groups (broad SMARTS) is 1. The second-order valence-electron chi connectivity index (χ2n) is 4.81. The molecule has 3 heteroatoms. The highest BCUT2D eigenvalue weighted by molar-refractivity contribution is 5.77. The van der Waals surface area contributed by atoms with E-state index in [2.05, 4.69) is 13.8 Å². The summed E-state index contributed by atoms with van der Waals surface area (Å²) in [6, 6.07) is 0. The first kappa shape index (κ1) is 12.5. The Kier molecular flexibility index (Phi) is 4.14. The topological polar surface area (TPSA) is 46.5 Å². The van der Waals surface area contributed by atoms with E-state index in [9.17, 15) is 9.90 Å². The lowest BCUT2D eigenvalue weighted by atomic mass is 9.74.